The Kier molecular flexibility index (Phi) is 7.05. The Morgan fingerprint density at radius 2 is 1.12 bits per heavy atom. The minimum atomic E-state index is -1.08. The van der Waals surface area contributed by atoms with Gasteiger partial charge in [0, 0.05) is 17.1 Å². The van der Waals surface area contributed by atoms with Gasteiger partial charge in [-0.05, 0) is 52.0 Å². The van der Waals surface area contributed by atoms with Crippen molar-refractivity contribution in [3.63, 3.8) is 0 Å². The molecule has 2 nitrogen and oxygen atoms in total. The van der Waals surface area contributed by atoms with Crippen LogP contribution in [0.2, 0.25) is 0 Å². The quantitative estimate of drug-likeness (QED) is 0.644. The predicted octanol–water partition coefficient (Wildman–Crippen LogP) is 4.46. The molecule has 0 heterocycles. The highest BCUT2D eigenvalue weighted by Crippen LogP contribution is 2.35. The third kappa shape index (κ3) is 5.24. The number of carboxylic acids is 1. The fourth-order valence-electron chi connectivity index (χ4n) is 2.97. The van der Waals surface area contributed by atoms with E-state index in [1.807, 2.05) is 0 Å². The maximum absolute atomic E-state index is 8.89. The lowest BCUT2D eigenvalue weighted by atomic mass is 10.1. The van der Waals surface area contributed by atoms with Crippen LogP contribution in [-0.4, -0.2) is 5.97 Å². The van der Waals surface area contributed by atoms with Crippen LogP contribution in [0.15, 0.2) is 87.5 Å². The molecule has 0 fully saturated rings. The summed E-state index contributed by atoms with van der Waals surface area (Å²) in [6.45, 7) is 7.62. The summed E-state index contributed by atoms with van der Waals surface area (Å²) in [5.74, 6) is -1.08. The molecule has 0 aliphatic rings. The SMILES string of the molecule is CC(=O)[O-].Cc1cc(C)c([S+](c2ccccc2)c2ccccc2)c(C)c1. The molecule has 0 spiro atoms. The normalized spacial score (nSPS) is 10.2. The number of carbonyl (C=O) groups excluding carboxylic acids is 1. The van der Waals surface area contributed by atoms with Gasteiger partial charge >= 0.3 is 0 Å². The Bertz CT molecular complexity index is 791. The summed E-state index contributed by atoms with van der Waals surface area (Å²) in [5, 5.41) is 8.89. The van der Waals surface area contributed by atoms with Crippen LogP contribution >= 0.6 is 0 Å². The summed E-state index contributed by atoms with van der Waals surface area (Å²) in [4.78, 5) is 13.1. The summed E-state index contributed by atoms with van der Waals surface area (Å²) in [5.41, 5.74) is 4.10. The van der Waals surface area contributed by atoms with Crippen LogP contribution in [0.5, 0.6) is 0 Å². The van der Waals surface area contributed by atoms with Crippen molar-refractivity contribution in [2.45, 2.75) is 42.4 Å². The highest BCUT2D eigenvalue weighted by atomic mass is 32.2. The molecule has 26 heavy (non-hydrogen) atoms. The Balaban J connectivity index is 0.000000552. The number of hydrogen-bond donors (Lipinski definition) is 0. The third-order valence-corrected chi connectivity index (χ3v) is 6.31. The van der Waals surface area contributed by atoms with E-state index in [1.165, 1.54) is 31.4 Å². The minimum Gasteiger partial charge on any atom is -0.550 e. The second kappa shape index (κ2) is 9.25. The highest BCUT2D eigenvalue weighted by Gasteiger charge is 2.31. The van der Waals surface area contributed by atoms with Crippen LogP contribution in [0, 0.1) is 20.8 Å². The molecule has 0 radical (unpaired) electrons. The van der Waals surface area contributed by atoms with E-state index in [-0.39, 0.29) is 10.9 Å². The van der Waals surface area contributed by atoms with Gasteiger partial charge in [-0.25, -0.2) is 0 Å². The molecular formula is C23H24O2S. The number of rotatable bonds is 3. The van der Waals surface area contributed by atoms with Gasteiger partial charge in [0.15, 0.2) is 14.7 Å². The van der Waals surface area contributed by atoms with Gasteiger partial charge in [-0.1, -0.05) is 54.1 Å². The predicted molar refractivity (Wildman–Crippen MR) is 106 cm³/mol. The van der Waals surface area contributed by atoms with E-state index >= 15 is 0 Å². The maximum atomic E-state index is 8.89. The molecule has 3 rings (SSSR count). The molecule has 3 aromatic rings. The van der Waals surface area contributed by atoms with Gasteiger partial charge in [-0.3, -0.25) is 0 Å². The third-order valence-electron chi connectivity index (χ3n) is 3.77. The molecule has 0 saturated heterocycles. The van der Waals surface area contributed by atoms with E-state index in [0.29, 0.717) is 0 Å². The summed E-state index contributed by atoms with van der Waals surface area (Å²) in [6.07, 6.45) is 0. The van der Waals surface area contributed by atoms with E-state index in [0.717, 1.165) is 6.92 Å². The van der Waals surface area contributed by atoms with Crippen molar-refractivity contribution in [3.8, 4) is 0 Å². The van der Waals surface area contributed by atoms with E-state index in [1.54, 1.807) is 0 Å². The van der Waals surface area contributed by atoms with Gasteiger partial charge in [0.25, 0.3) is 0 Å². The molecule has 134 valence electrons. The second-order valence-electron chi connectivity index (χ2n) is 6.15. The van der Waals surface area contributed by atoms with Gasteiger partial charge < -0.3 is 9.90 Å². The van der Waals surface area contributed by atoms with Crippen molar-refractivity contribution < 1.29 is 9.90 Å². The largest absolute Gasteiger partial charge is 0.550 e. The molecule has 0 aliphatic heterocycles. The first-order valence-corrected chi connectivity index (χ1v) is 9.72. The van der Waals surface area contributed by atoms with E-state index in [2.05, 4.69) is 93.6 Å². The zero-order valence-corrected chi connectivity index (χ0v) is 16.5. The maximum Gasteiger partial charge on any atom is 0.172 e. The number of hydrogen-bond acceptors (Lipinski definition) is 2. The topological polar surface area (TPSA) is 40.1 Å². The molecule has 3 aromatic carbocycles. The average Bonchev–Trinajstić information content (AvgIpc) is 2.59. The summed E-state index contributed by atoms with van der Waals surface area (Å²) in [7, 11) is -0.0460. The second-order valence-corrected chi connectivity index (χ2v) is 8.12. The molecule has 0 N–H and O–H groups in total. The van der Waals surface area contributed by atoms with Crippen LogP contribution in [0.25, 0.3) is 0 Å². The number of benzene rings is 3. The molecule has 0 unspecified atom stereocenters. The Morgan fingerprint density at radius 3 is 1.46 bits per heavy atom. The van der Waals surface area contributed by atoms with Crippen LogP contribution in [-0.2, 0) is 15.7 Å². The van der Waals surface area contributed by atoms with Crippen LogP contribution in [0.4, 0.5) is 0 Å². The van der Waals surface area contributed by atoms with Crippen molar-refractivity contribution in [3.05, 3.63) is 89.5 Å². The van der Waals surface area contributed by atoms with Gasteiger partial charge in [0.2, 0.25) is 0 Å². The van der Waals surface area contributed by atoms with Crippen molar-refractivity contribution >= 4 is 16.9 Å². The van der Waals surface area contributed by atoms with Gasteiger partial charge in [-0.2, -0.15) is 0 Å². The fraction of sp³-hybridized carbons (Fsp3) is 0.174. The number of carboxylic acid groups (broad SMARTS) is 1. The van der Waals surface area contributed by atoms with Gasteiger partial charge in [0.1, 0.15) is 0 Å². The Morgan fingerprint density at radius 1 is 0.769 bits per heavy atom. The number of aliphatic carboxylic acids is 1. The van der Waals surface area contributed by atoms with E-state index < -0.39 is 5.97 Å². The zero-order valence-electron chi connectivity index (χ0n) is 15.7. The minimum absolute atomic E-state index is 0.0460. The first kappa shape index (κ1) is 19.8. The Labute approximate surface area is 158 Å². The number of carbonyl (C=O) groups is 1. The summed E-state index contributed by atoms with van der Waals surface area (Å²) >= 11 is 0. The number of aryl methyl sites for hydroxylation is 3. The Hall–Kier alpha value is -2.52. The van der Waals surface area contributed by atoms with E-state index in [9.17, 15) is 0 Å². The molecule has 0 amide bonds. The lowest BCUT2D eigenvalue weighted by molar-refractivity contribution is -0.302. The lowest BCUT2D eigenvalue weighted by Gasteiger charge is -2.13. The monoisotopic (exact) mass is 364 g/mol. The van der Waals surface area contributed by atoms with E-state index in [4.69, 9.17) is 9.90 Å². The summed E-state index contributed by atoms with van der Waals surface area (Å²) in [6, 6.07) is 26.3. The van der Waals surface area contributed by atoms with Crippen LogP contribution < -0.4 is 5.11 Å². The standard InChI is InChI=1S/C21H21S.C2H4O2/c1-16-14-17(2)21(18(3)15-16)22(19-10-6-4-7-11-19)20-12-8-5-9-13-20;1-2(3)4/h4-15H,1-3H3;1H3,(H,3,4)/q+1;/p-1. The molecule has 3 heteroatoms. The molecule has 0 saturated carbocycles. The fourth-order valence-corrected chi connectivity index (χ4v) is 5.34. The molecule has 0 aliphatic carbocycles. The smallest absolute Gasteiger partial charge is 0.172 e. The van der Waals surface area contributed by atoms with Crippen molar-refractivity contribution in [1.29, 1.82) is 0 Å². The summed E-state index contributed by atoms with van der Waals surface area (Å²) < 4.78 is 0. The molecule has 0 bridgehead atoms. The highest BCUT2D eigenvalue weighted by molar-refractivity contribution is 7.97. The van der Waals surface area contributed by atoms with Crippen LogP contribution in [0.3, 0.4) is 0 Å². The van der Waals surface area contributed by atoms with Crippen molar-refractivity contribution in [2.24, 2.45) is 0 Å². The molecule has 0 atom stereocenters. The van der Waals surface area contributed by atoms with Crippen molar-refractivity contribution in [1.82, 2.24) is 0 Å². The molecule has 0 aromatic heterocycles. The first-order chi connectivity index (χ1) is 12.4. The van der Waals surface area contributed by atoms with Crippen molar-refractivity contribution in [2.75, 3.05) is 0 Å². The van der Waals surface area contributed by atoms with Gasteiger partial charge in [-0.15, -0.1) is 0 Å². The van der Waals surface area contributed by atoms with Gasteiger partial charge in [0.05, 0.1) is 10.9 Å². The zero-order chi connectivity index (χ0) is 19.1. The first-order valence-electron chi connectivity index (χ1n) is 8.50. The van der Waals surface area contributed by atoms with Crippen LogP contribution in [0.1, 0.15) is 23.6 Å². The average molecular weight is 365 g/mol. The molecular weight excluding hydrogens is 340 g/mol. The lowest BCUT2D eigenvalue weighted by Crippen LogP contribution is -2.16.